The molecule has 3 N–H and O–H groups in total. The van der Waals surface area contributed by atoms with Crippen LogP contribution in [0.25, 0.3) is 0 Å². The Morgan fingerprint density at radius 2 is 1.90 bits per heavy atom. The van der Waals surface area contributed by atoms with Crippen LogP contribution in [0.15, 0.2) is 53.7 Å². The summed E-state index contributed by atoms with van der Waals surface area (Å²) in [7, 11) is 0. The highest BCUT2D eigenvalue weighted by molar-refractivity contribution is 8.00. The predicted molar refractivity (Wildman–Crippen MR) is 105 cm³/mol. The van der Waals surface area contributed by atoms with Crippen molar-refractivity contribution >= 4 is 35.0 Å². The molecule has 0 aliphatic rings. The number of amides is 1. The summed E-state index contributed by atoms with van der Waals surface area (Å²) >= 11 is 6.85. The van der Waals surface area contributed by atoms with Crippen LogP contribution in [0.4, 0.5) is 18.9 Å². The van der Waals surface area contributed by atoms with Gasteiger partial charge in [0.25, 0.3) is 5.82 Å². The molecule has 0 aliphatic heterocycles. The van der Waals surface area contributed by atoms with Crippen LogP contribution in [0.3, 0.4) is 0 Å². The van der Waals surface area contributed by atoms with Crippen LogP contribution < -0.4 is 11.2 Å². The molecule has 1 amide bonds. The van der Waals surface area contributed by atoms with Crippen molar-refractivity contribution in [3.63, 3.8) is 0 Å². The molecular formula is C18H15ClF3N5OS. The number of benzene rings is 2. The maximum absolute atomic E-state index is 12.9. The van der Waals surface area contributed by atoms with Gasteiger partial charge in [-0.05, 0) is 30.2 Å². The predicted octanol–water partition coefficient (Wildman–Crippen LogP) is 4.44. The minimum absolute atomic E-state index is 0.247. The summed E-state index contributed by atoms with van der Waals surface area (Å²) in [5, 5.41) is 8.61. The average molecular weight is 442 g/mol. The lowest BCUT2D eigenvalue weighted by Crippen LogP contribution is -2.23. The third-order valence-corrected chi connectivity index (χ3v) is 5.54. The van der Waals surface area contributed by atoms with Gasteiger partial charge in [0.05, 0.1) is 0 Å². The second-order valence-corrected chi connectivity index (χ2v) is 7.52. The van der Waals surface area contributed by atoms with Crippen molar-refractivity contribution < 1.29 is 18.0 Å². The van der Waals surface area contributed by atoms with E-state index in [0.717, 1.165) is 17.3 Å². The molecule has 29 heavy (non-hydrogen) atoms. The van der Waals surface area contributed by atoms with E-state index in [1.807, 2.05) is 6.92 Å². The largest absolute Gasteiger partial charge is 0.453 e. The van der Waals surface area contributed by atoms with E-state index >= 15 is 0 Å². The lowest BCUT2D eigenvalue weighted by atomic mass is 10.1. The molecule has 1 heterocycles. The van der Waals surface area contributed by atoms with E-state index in [4.69, 9.17) is 17.4 Å². The molecule has 6 nitrogen and oxygen atoms in total. The maximum Gasteiger partial charge on any atom is 0.453 e. The van der Waals surface area contributed by atoms with Gasteiger partial charge in [0.15, 0.2) is 0 Å². The van der Waals surface area contributed by atoms with Crippen molar-refractivity contribution in [1.29, 1.82) is 0 Å². The highest BCUT2D eigenvalue weighted by atomic mass is 35.5. The van der Waals surface area contributed by atoms with Gasteiger partial charge >= 0.3 is 6.18 Å². The zero-order valence-corrected chi connectivity index (χ0v) is 16.5. The van der Waals surface area contributed by atoms with E-state index in [2.05, 4.69) is 15.5 Å². The molecule has 0 fully saturated rings. The Labute approximate surface area is 173 Å². The standard InChI is InChI=1S/C18H15ClF3N5OS/c1-10-7-8-12(9-13(10)19)24-15(28)14(11-5-3-2-4-6-11)29-17-26-25-16(27(17)23)18(20,21)22/h2-9,14H,23H2,1H3,(H,24,28). The van der Waals surface area contributed by atoms with Crippen molar-refractivity contribution in [2.24, 2.45) is 0 Å². The first kappa shape index (κ1) is 21.0. The summed E-state index contributed by atoms with van der Waals surface area (Å²) in [6.07, 6.45) is -4.76. The molecule has 0 aliphatic carbocycles. The zero-order valence-electron chi connectivity index (χ0n) is 14.9. The molecule has 0 saturated carbocycles. The number of anilines is 1. The molecule has 11 heteroatoms. The van der Waals surface area contributed by atoms with Gasteiger partial charge < -0.3 is 11.2 Å². The molecule has 1 unspecified atom stereocenters. The number of thioether (sulfide) groups is 1. The molecule has 3 rings (SSSR count). The number of carbonyl (C=O) groups is 1. The van der Waals surface area contributed by atoms with E-state index < -0.39 is 23.2 Å². The summed E-state index contributed by atoms with van der Waals surface area (Å²) in [6.45, 7) is 1.82. The monoisotopic (exact) mass is 441 g/mol. The van der Waals surface area contributed by atoms with E-state index in [9.17, 15) is 18.0 Å². The van der Waals surface area contributed by atoms with Gasteiger partial charge in [-0.25, -0.2) is 4.68 Å². The van der Waals surface area contributed by atoms with Gasteiger partial charge in [0, 0.05) is 10.7 Å². The number of halogens is 4. The fourth-order valence-electron chi connectivity index (χ4n) is 2.44. The van der Waals surface area contributed by atoms with Gasteiger partial charge in [0.1, 0.15) is 5.25 Å². The number of carbonyl (C=O) groups excluding carboxylic acids is 1. The topological polar surface area (TPSA) is 85.8 Å². The van der Waals surface area contributed by atoms with Gasteiger partial charge in [-0.3, -0.25) is 4.79 Å². The third-order valence-electron chi connectivity index (χ3n) is 3.92. The van der Waals surface area contributed by atoms with Crippen LogP contribution in [-0.2, 0) is 11.0 Å². The van der Waals surface area contributed by atoms with Crippen molar-refractivity contribution in [1.82, 2.24) is 14.9 Å². The Balaban J connectivity index is 1.90. The zero-order chi connectivity index (χ0) is 21.2. The minimum Gasteiger partial charge on any atom is -0.335 e. The molecular weight excluding hydrogens is 427 g/mol. The third kappa shape index (κ3) is 4.83. The number of aryl methyl sites for hydroxylation is 1. The maximum atomic E-state index is 12.9. The number of hydrogen-bond donors (Lipinski definition) is 2. The number of nitrogens with zero attached hydrogens (tertiary/aromatic N) is 3. The first-order valence-electron chi connectivity index (χ1n) is 8.23. The fraction of sp³-hybridized carbons (Fsp3) is 0.167. The van der Waals surface area contributed by atoms with Crippen LogP contribution in [0.5, 0.6) is 0 Å². The van der Waals surface area contributed by atoms with E-state index in [0.29, 0.717) is 20.9 Å². The molecule has 0 radical (unpaired) electrons. The van der Waals surface area contributed by atoms with Gasteiger partial charge in [-0.15, -0.1) is 10.2 Å². The van der Waals surface area contributed by atoms with E-state index in [1.54, 1.807) is 48.5 Å². The fourth-order valence-corrected chi connectivity index (χ4v) is 3.57. The quantitative estimate of drug-likeness (QED) is 0.451. The van der Waals surface area contributed by atoms with Crippen molar-refractivity contribution in [2.75, 3.05) is 11.2 Å². The number of nitrogen functional groups attached to an aromatic ring is 1. The van der Waals surface area contributed by atoms with Crippen LogP contribution in [0.2, 0.25) is 5.02 Å². The summed E-state index contributed by atoms with van der Waals surface area (Å²) in [6, 6.07) is 13.6. The smallest absolute Gasteiger partial charge is 0.335 e. The number of aromatic nitrogens is 3. The lowest BCUT2D eigenvalue weighted by molar-refractivity contribution is -0.146. The Morgan fingerprint density at radius 3 is 2.48 bits per heavy atom. The molecule has 1 aromatic heterocycles. The minimum atomic E-state index is -4.76. The Kier molecular flexibility index (Phi) is 6.04. The molecule has 0 saturated heterocycles. The van der Waals surface area contributed by atoms with Gasteiger partial charge in [-0.2, -0.15) is 13.2 Å². The van der Waals surface area contributed by atoms with Crippen molar-refractivity contribution in [2.45, 2.75) is 23.5 Å². The molecule has 0 bridgehead atoms. The second kappa shape index (κ2) is 8.34. The highest BCUT2D eigenvalue weighted by Crippen LogP contribution is 2.37. The molecule has 152 valence electrons. The summed E-state index contributed by atoms with van der Waals surface area (Å²) in [4.78, 5) is 12.9. The normalized spacial score (nSPS) is 12.6. The van der Waals surface area contributed by atoms with Crippen LogP contribution >= 0.6 is 23.4 Å². The Bertz CT molecular complexity index is 1030. The van der Waals surface area contributed by atoms with E-state index in [1.165, 1.54) is 0 Å². The van der Waals surface area contributed by atoms with Crippen molar-refractivity contribution in [3.05, 3.63) is 70.5 Å². The number of alkyl halides is 3. The SMILES string of the molecule is Cc1ccc(NC(=O)C(Sc2nnc(C(F)(F)F)n2N)c2ccccc2)cc1Cl. The van der Waals surface area contributed by atoms with Gasteiger partial charge in [-0.1, -0.05) is 59.8 Å². The van der Waals surface area contributed by atoms with E-state index in [-0.39, 0.29) is 5.16 Å². The van der Waals surface area contributed by atoms with Crippen LogP contribution in [0.1, 0.15) is 22.2 Å². The first-order valence-corrected chi connectivity index (χ1v) is 9.49. The van der Waals surface area contributed by atoms with Crippen molar-refractivity contribution in [3.8, 4) is 0 Å². The number of nitrogens with two attached hydrogens (primary N) is 1. The molecule has 0 spiro atoms. The lowest BCUT2D eigenvalue weighted by Gasteiger charge is -2.17. The Morgan fingerprint density at radius 1 is 1.21 bits per heavy atom. The summed E-state index contributed by atoms with van der Waals surface area (Å²) < 4.78 is 39.1. The summed E-state index contributed by atoms with van der Waals surface area (Å²) in [5.74, 6) is 3.68. The average Bonchev–Trinajstić information content (AvgIpc) is 3.04. The van der Waals surface area contributed by atoms with Crippen LogP contribution in [0, 0.1) is 6.92 Å². The number of nitrogens with one attached hydrogen (secondary N) is 1. The molecule has 1 atom stereocenters. The van der Waals surface area contributed by atoms with Crippen LogP contribution in [-0.4, -0.2) is 20.8 Å². The molecule has 3 aromatic rings. The van der Waals surface area contributed by atoms with Gasteiger partial charge in [0.2, 0.25) is 11.1 Å². The highest BCUT2D eigenvalue weighted by Gasteiger charge is 2.39. The number of hydrogen-bond acceptors (Lipinski definition) is 5. The second-order valence-electron chi connectivity index (χ2n) is 6.04. The molecule has 2 aromatic carbocycles. The summed E-state index contributed by atoms with van der Waals surface area (Å²) in [5.41, 5.74) is 1.86. The first-order chi connectivity index (χ1) is 13.7. The Hall–Kier alpha value is -2.72. The number of rotatable bonds is 5.